The molecule has 0 unspecified atom stereocenters. The zero-order valence-electron chi connectivity index (χ0n) is 7.01. The van der Waals surface area contributed by atoms with Gasteiger partial charge in [-0.15, -0.1) is 0 Å². The lowest BCUT2D eigenvalue weighted by Crippen LogP contribution is -1.99. The molecule has 1 aromatic carbocycles. The third-order valence-electron chi connectivity index (χ3n) is 1.53. The molecule has 0 aliphatic rings. The zero-order valence-corrected chi connectivity index (χ0v) is 7.77. The van der Waals surface area contributed by atoms with Crippen LogP contribution in [0.15, 0.2) is 18.2 Å². The van der Waals surface area contributed by atoms with Crippen LogP contribution in [0.25, 0.3) is 0 Å². The highest BCUT2D eigenvalue weighted by molar-refractivity contribution is 6.30. The second-order valence-corrected chi connectivity index (χ2v) is 2.89. The van der Waals surface area contributed by atoms with Gasteiger partial charge in [0.25, 0.3) is 0 Å². The van der Waals surface area contributed by atoms with Gasteiger partial charge < -0.3 is 4.74 Å². The largest absolute Gasteiger partial charge is 0.462 e. The van der Waals surface area contributed by atoms with E-state index in [4.69, 9.17) is 11.6 Å². The van der Waals surface area contributed by atoms with Crippen LogP contribution in [0.3, 0.4) is 0 Å². The lowest BCUT2D eigenvalue weighted by atomic mass is 10.1. The average Bonchev–Trinajstić information content (AvgIpc) is 2.04. The molecule has 0 radical (unpaired) electrons. The minimum atomic E-state index is -0.972. The molecule has 4 heteroatoms. The minimum Gasteiger partial charge on any atom is -0.462 e. The maximum atomic E-state index is 11.9. The summed E-state index contributed by atoms with van der Waals surface area (Å²) < 4.78 is 16.5. The summed E-state index contributed by atoms with van der Waals surface area (Å²) in [6.45, 7) is 0.412. The molecule has 0 saturated carbocycles. The number of benzene rings is 1. The first-order chi connectivity index (χ1) is 6.15. The van der Waals surface area contributed by atoms with E-state index in [-0.39, 0.29) is 11.5 Å². The van der Waals surface area contributed by atoms with Crippen molar-refractivity contribution in [2.45, 2.75) is 6.92 Å². The van der Waals surface area contributed by atoms with Crippen LogP contribution in [0.5, 0.6) is 5.75 Å². The first kappa shape index (κ1) is 9.99. The first-order valence-electron chi connectivity index (χ1n) is 3.64. The van der Waals surface area contributed by atoms with Gasteiger partial charge in [-0.25, -0.2) is 4.39 Å². The number of Topliss-reactive ketones (excluding diaryl/α,β-unsaturated/α-hetero) is 1. The molecule has 0 fully saturated rings. The summed E-state index contributed by atoms with van der Waals surface area (Å²) in [7, 11) is 0. The summed E-state index contributed by atoms with van der Waals surface area (Å²) in [6.07, 6.45) is 0. The van der Waals surface area contributed by atoms with E-state index in [9.17, 15) is 9.18 Å². The molecular formula is C9H8ClFO2. The lowest BCUT2D eigenvalue weighted by Gasteiger charge is -2.06. The van der Waals surface area contributed by atoms with E-state index in [1.54, 1.807) is 6.07 Å². The van der Waals surface area contributed by atoms with Crippen LogP contribution in [0, 0.1) is 0 Å². The Morgan fingerprint density at radius 2 is 2.31 bits per heavy atom. The monoisotopic (exact) mass is 202 g/mol. The molecule has 70 valence electrons. The fourth-order valence-corrected chi connectivity index (χ4v) is 1.13. The van der Waals surface area contributed by atoms with Crippen LogP contribution in [0.4, 0.5) is 4.39 Å². The number of halogens is 2. The summed E-state index contributed by atoms with van der Waals surface area (Å²) in [6, 6.07) is 4.48. The van der Waals surface area contributed by atoms with Crippen molar-refractivity contribution >= 4 is 17.4 Å². The zero-order chi connectivity index (χ0) is 9.84. The number of alkyl halides is 1. The number of carbonyl (C=O) groups excluding carboxylic acids is 1. The topological polar surface area (TPSA) is 26.3 Å². The Hall–Kier alpha value is -1.09. The summed E-state index contributed by atoms with van der Waals surface area (Å²) >= 11 is 5.64. The fourth-order valence-electron chi connectivity index (χ4n) is 0.965. The third-order valence-corrected chi connectivity index (χ3v) is 1.77. The number of carbonyl (C=O) groups is 1. The molecule has 13 heavy (non-hydrogen) atoms. The van der Waals surface area contributed by atoms with Gasteiger partial charge in [-0.1, -0.05) is 11.6 Å². The lowest BCUT2D eigenvalue weighted by molar-refractivity contribution is 0.101. The van der Waals surface area contributed by atoms with E-state index in [1.807, 2.05) is 0 Å². The van der Waals surface area contributed by atoms with Crippen molar-refractivity contribution in [1.82, 2.24) is 0 Å². The predicted octanol–water partition coefficient (Wildman–Crippen LogP) is 2.85. The third kappa shape index (κ3) is 2.42. The highest BCUT2D eigenvalue weighted by atomic mass is 35.5. The highest BCUT2D eigenvalue weighted by Gasteiger charge is 2.08. The van der Waals surface area contributed by atoms with Gasteiger partial charge in [-0.2, -0.15) is 0 Å². The Morgan fingerprint density at radius 3 is 2.85 bits per heavy atom. The van der Waals surface area contributed by atoms with Crippen LogP contribution >= 0.6 is 11.6 Å². The number of hydrogen-bond acceptors (Lipinski definition) is 2. The summed E-state index contributed by atoms with van der Waals surface area (Å²) in [5.74, 6) is 0.00242. The molecule has 0 spiro atoms. The van der Waals surface area contributed by atoms with E-state index >= 15 is 0 Å². The van der Waals surface area contributed by atoms with Gasteiger partial charge in [0.15, 0.2) is 5.78 Å². The summed E-state index contributed by atoms with van der Waals surface area (Å²) in [5.41, 5.74) is 0.335. The van der Waals surface area contributed by atoms with Crippen molar-refractivity contribution in [3.05, 3.63) is 28.8 Å². The quantitative estimate of drug-likeness (QED) is 0.705. The van der Waals surface area contributed by atoms with Crippen LogP contribution in [-0.4, -0.2) is 12.6 Å². The van der Waals surface area contributed by atoms with Crippen LogP contribution in [0.1, 0.15) is 17.3 Å². The molecule has 1 aromatic rings. The van der Waals surface area contributed by atoms with Gasteiger partial charge in [0.1, 0.15) is 5.75 Å². The standard InChI is InChI=1S/C9H8ClFO2/c1-6(12)8-3-2-7(10)4-9(8)13-5-11/h2-4H,5H2,1H3. The minimum absolute atomic E-state index is 0.180. The normalized spacial score (nSPS) is 9.77. The van der Waals surface area contributed by atoms with Gasteiger partial charge in [-0.3, -0.25) is 4.79 Å². The SMILES string of the molecule is CC(=O)c1ccc(Cl)cc1OCF. The molecule has 1 rings (SSSR count). The van der Waals surface area contributed by atoms with Gasteiger partial charge in [0.2, 0.25) is 6.86 Å². The molecule has 0 bridgehead atoms. The second kappa shape index (κ2) is 4.23. The van der Waals surface area contributed by atoms with Crippen molar-refractivity contribution in [3.63, 3.8) is 0 Å². The number of ketones is 1. The van der Waals surface area contributed by atoms with E-state index in [0.29, 0.717) is 10.6 Å². The Balaban J connectivity index is 3.10. The van der Waals surface area contributed by atoms with E-state index < -0.39 is 6.86 Å². The Kier molecular flexibility index (Phi) is 3.25. The number of rotatable bonds is 3. The van der Waals surface area contributed by atoms with Gasteiger partial charge in [-0.05, 0) is 25.1 Å². The van der Waals surface area contributed by atoms with E-state index in [1.165, 1.54) is 19.1 Å². The summed E-state index contributed by atoms with van der Waals surface area (Å²) in [5, 5.41) is 0.411. The van der Waals surface area contributed by atoms with Crippen molar-refractivity contribution in [2.75, 3.05) is 6.86 Å². The predicted molar refractivity (Wildman–Crippen MR) is 48.1 cm³/mol. The highest BCUT2D eigenvalue weighted by Crippen LogP contribution is 2.23. The van der Waals surface area contributed by atoms with E-state index in [2.05, 4.69) is 4.74 Å². The Bertz CT molecular complexity index is 325. The van der Waals surface area contributed by atoms with Gasteiger partial charge >= 0.3 is 0 Å². The smallest absolute Gasteiger partial charge is 0.228 e. The maximum absolute atomic E-state index is 11.9. The van der Waals surface area contributed by atoms with Crippen molar-refractivity contribution in [1.29, 1.82) is 0 Å². The Morgan fingerprint density at radius 1 is 1.62 bits per heavy atom. The van der Waals surface area contributed by atoms with Crippen molar-refractivity contribution < 1.29 is 13.9 Å². The van der Waals surface area contributed by atoms with E-state index in [0.717, 1.165) is 0 Å². The van der Waals surface area contributed by atoms with Crippen molar-refractivity contribution in [2.24, 2.45) is 0 Å². The molecule has 2 nitrogen and oxygen atoms in total. The molecule has 0 amide bonds. The number of ether oxygens (including phenoxy) is 1. The van der Waals surface area contributed by atoms with Crippen LogP contribution in [-0.2, 0) is 0 Å². The average molecular weight is 203 g/mol. The maximum Gasteiger partial charge on any atom is 0.228 e. The molecule has 0 aliphatic heterocycles. The number of hydrogen-bond donors (Lipinski definition) is 0. The van der Waals surface area contributed by atoms with Crippen molar-refractivity contribution in [3.8, 4) is 5.75 Å². The molecule has 0 atom stereocenters. The molecule has 0 aromatic heterocycles. The molecule has 0 saturated heterocycles. The molecule has 0 heterocycles. The molecule has 0 aliphatic carbocycles. The second-order valence-electron chi connectivity index (χ2n) is 2.45. The van der Waals surface area contributed by atoms with Gasteiger partial charge in [0, 0.05) is 5.02 Å². The Labute approximate surface area is 80.3 Å². The molecular weight excluding hydrogens is 195 g/mol. The molecule has 0 N–H and O–H groups in total. The fraction of sp³-hybridized carbons (Fsp3) is 0.222. The summed E-state index contributed by atoms with van der Waals surface area (Å²) in [4.78, 5) is 11.0. The van der Waals surface area contributed by atoms with Crippen LogP contribution < -0.4 is 4.74 Å². The van der Waals surface area contributed by atoms with Gasteiger partial charge in [0.05, 0.1) is 5.56 Å². The first-order valence-corrected chi connectivity index (χ1v) is 4.02. The van der Waals surface area contributed by atoms with Crippen LogP contribution in [0.2, 0.25) is 5.02 Å².